The summed E-state index contributed by atoms with van der Waals surface area (Å²) in [6.45, 7) is 13.0. The van der Waals surface area contributed by atoms with Gasteiger partial charge in [0.2, 0.25) is 0 Å². The Bertz CT molecular complexity index is 724. The number of fused-ring (bicyclic) bond motifs is 1. The van der Waals surface area contributed by atoms with E-state index >= 15 is 0 Å². The van der Waals surface area contributed by atoms with E-state index in [1.807, 2.05) is 13.0 Å². The maximum Gasteiger partial charge on any atom is 0.178 e. The fourth-order valence-electron chi connectivity index (χ4n) is 3.35. The highest BCUT2D eigenvalue weighted by molar-refractivity contribution is 5.88. The summed E-state index contributed by atoms with van der Waals surface area (Å²) in [7, 11) is 0. The molecule has 1 aliphatic rings. The Labute approximate surface area is 150 Å². The second-order valence-corrected chi connectivity index (χ2v) is 7.74. The van der Waals surface area contributed by atoms with Crippen LogP contribution in [0.1, 0.15) is 71.1 Å². The molecule has 1 aliphatic carbocycles. The third-order valence-corrected chi connectivity index (χ3v) is 4.94. The molecule has 1 aromatic carbocycles. The molecule has 0 saturated heterocycles. The molecular weight excluding hydrogens is 315 g/mol. The molecule has 0 heterocycles. The average molecular weight is 344 g/mol. The summed E-state index contributed by atoms with van der Waals surface area (Å²) in [5, 5.41) is 0. The van der Waals surface area contributed by atoms with Crippen LogP contribution in [-0.4, -0.2) is 12.9 Å². The topological polar surface area (TPSA) is 26.3 Å². The van der Waals surface area contributed by atoms with Crippen LogP contribution >= 0.6 is 0 Å². The zero-order chi connectivity index (χ0) is 18.8. The van der Waals surface area contributed by atoms with Gasteiger partial charge in [0.25, 0.3) is 0 Å². The number of hydrogen-bond donors (Lipinski definition) is 0. The molecule has 0 fully saturated rings. The van der Waals surface area contributed by atoms with Gasteiger partial charge < -0.3 is 4.74 Å². The molecule has 2 rings (SSSR count). The Morgan fingerprint density at radius 2 is 2.04 bits per heavy atom. The Morgan fingerprint density at radius 1 is 1.36 bits per heavy atom. The number of benzene rings is 1. The molecule has 25 heavy (non-hydrogen) atoms. The van der Waals surface area contributed by atoms with Crippen molar-refractivity contribution in [2.24, 2.45) is 5.92 Å². The van der Waals surface area contributed by atoms with Crippen LogP contribution in [0.25, 0.3) is 11.1 Å². The van der Waals surface area contributed by atoms with E-state index in [0.29, 0.717) is 29.4 Å². The highest BCUT2D eigenvalue weighted by Crippen LogP contribution is 2.45. The van der Waals surface area contributed by atoms with Gasteiger partial charge in [-0.3, -0.25) is 4.79 Å². The van der Waals surface area contributed by atoms with Crippen molar-refractivity contribution in [3.63, 3.8) is 0 Å². The zero-order valence-corrected chi connectivity index (χ0v) is 16.2. The van der Waals surface area contributed by atoms with Crippen LogP contribution in [0.3, 0.4) is 0 Å². The number of aldehydes is 1. The van der Waals surface area contributed by atoms with Gasteiger partial charge in [0.05, 0.1) is 6.61 Å². The first kappa shape index (κ1) is 19.4. The van der Waals surface area contributed by atoms with Gasteiger partial charge in [-0.15, -0.1) is 0 Å². The Hall–Kier alpha value is -1.90. The number of ether oxygens (including phenoxy) is 1. The van der Waals surface area contributed by atoms with Crippen molar-refractivity contribution in [2.45, 2.75) is 59.8 Å². The van der Waals surface area contributed by atoms with E-state index in [0.717, 1.165) is 18.4 Å². The molecule has 0 unspecified atom stereocenters. The summed E-state index contributed by atoms with van der Waals surface area (Å²) in [6, 6.07) is 4.06. The first-order valence-electron chi connectivity index (χ1n) is 9.06. The summed E-state index contributed by atoms with van der Waals surface area (Å²) >= 11 is 0. The molecule has 0 bridgehead atoms. The van der Waals surface area contributed by atoms with Crippen molar-refractivity contribution in [3.8, 4) is 5.75 Å². The lowest BCUT2D eigenvalue weighted by Crippen LogP contribution is -2.23. The Balaban J connectivity index is 2.74. The van der Waals surface area contributed by atoms with Gasteiger partial charge in [-0.25, -0.2) is 4.39 Å². The van der Waals surface area contributed by atoms with Crippen molar-refractivity contribution in [3.05, 3.63) is 40.7 Å². The summed E-state index contributed by atoms with van der Waals surface area (Å²) in [5.74, 6) is 0.296. The van der Waals surface area contributed by atoms with Gasteiger partial charge in [-0.1, -0.05) is 40.7 Å². The molecule has 3 heteroatoms. The van der Waals surface area contributed by atoms with E-state index < -0.39 is 5.83 Å². The second-order valence-electron chi connectivity index (χ2n) is 7.74. The van der Waals surface area contributed by atoms with E-state index in [-0.39, 0.29) is 11.7 Å². The van der Waals surface area contributed by atoms with Crippen LogP contribution in [0.15, 0.2) is 24.0 Å². The van der Waals surface area contributed by atoms with E-state index in [2.05, 4.69) is 39.8 Å². The first-order chi connectivity index (χ1) is 11.7. The number of allylic oxidation sites excluding steroid dienone is 4. The number of rotatable bonds is 6. The predicted molar refractivity (Wildman–Crippen MR) is 102 cm³/mol. The van der Waals surface area contributed by atoms with E-state index in [1.165, 1.54) is 11.1 Å². The van der Waals surface area contributed by atoms with E-state index in [9.17, 15) is 9.18 Å². The third-order valence-electron chi connectivity index (χ3n) is 4.94. The van der Waals surface area contributed by atoms with Crippen LogP contribution in [0.4, 0.5) is 4.39 Å². The number of carbonyl (C=O) groups excluding carboxylic acids is 1. The van der Waals surface area contributed by atoms with Gasteiger partial charge in [-0.2, -0.15) is 0 Å². The van der Waals surface area contributed by atoms with Crippen LogP contribution in [0.2, 0.25) is 0 Å². The summed E-state index contributed by atoms with van der Waals surface area (Å²) in [4.78, 5) is 10.9. The summed E-state index contributed by atoms with van der Waals surface area (Å²) in [5.41, 5.74) is 4.64. The molecule has 0 aliphatic heterocycles. The van der Waals surface area contributed by atoms with Crippen molar-refractivity contribution >= 4 is 17.4 Å². The molecule has 0 N–H and O–H groups in total. The summed E-state index contributed by atoms with van der Waals surface area (Å²) in [6.07, 6.45) is 4.40. The van der Waals surface area contributed by atoms with Gasteiger partial charge in [0.1, 0.15) is 5.75 Å². The third kappa shape index (κ3) is 3.86. The van der Waals surface area contributed by atoms with Crippen LogP contribution < -0.4 is 4.74 Å². The maximum absolute atomic E-state index is 14.0. The van der Waals surface area contributed by atoms with Crippen molar-refractivity contribution in [1.82, 2.24) is 0 Å². The molecule has 2 nitrogen and oxygen atoms in total. The molecule has 0 amide bonds. The monoisotopic (exact) mass is 344 g/mol. The first-order valence-corrected chi connectivity index (χ1v) is 9.06. The smallest absolute Gasteiger partial charge is 0.178 e. The van der Waals surface area contributed by atoms with Crippen molar-refractivity contribution in [1.29, 1.82) is 0 Å². The molecule has 1 aromatic rings. The molecule has 0 spiro atoms. The van der Waals surface area contributed by atoms with E-state index in [1.54, 1.807) is 6.92 Å². The lowest BCUT2D eigenvalue weighted by atomic mass is 9.71. The lowest BCUT2D eigenvalue weighted by molar-refractivity contribution is -0.106. The van der Waals surface area contributed by atoms with Gasteiger partial charge in [0.15, 0.2) is 12.1 Å². The SMILES string of the molecule is CCCOc1cc2c(cc1C(C)=C(F)C=O)C(C(C)C)=CCC2(C)C. The van der Waals surface area contributed by atoms with Crippen LogP contribution in [0, 0.1) is 5.92 Å². The average Bonchev–Trinajstić information content (AvgIpc) is 2.57. The molecule has 0 radical (unpaired) electrons. The quantitative estimate of drug-likeness (QED) is 0.461. The zero-order valence-electron chi connectivity index (χ0n) is 16.2. The molecule has 0 saturated carbocycles. The Kier molecular flexibility index (Phi) is 5.87. The van der Waals surface area contributed by atoms with Crippen LogP contribution in [-0.2, 0) is 10.2 Å². The number of carbonyl (C=O) groups is 1. The Morgan fingerprint density at radius 3 is 2.60 bits per heavy atom. The molecule has 0 atom stereocenters. The largest absolute Gasteiger partial charge is 0.493 e. The van der Waals surface area contributed by atoms with Gasteiger partial charge in [0, 0.05) is 5.56 Å². The highest BCUT2D eigenvalue weighted by Gasteiger charge is 2.31. The molecular formula is C22H29FO2. The maximum atomic E-state index is 14.0. The minimum atomic E-state index is -0.744. The van der Waals surface area contributed by atoms with Gasteiger partial charge in [-0.05, 0) is 65.5 Å². The van der Waals surface area contributed by atoms with E-state index in [4.69, 9.17) is 4.74 Å². The molecule has 0 aromatic heterocycles. The van der Waals surface area contributed by atoms with Gasteiger partial charge >= 0.3 is 0 Å². The highest BCUT2D eigenvalue weighted by atomic mass is 19.1. The minimum absolute atomic E-state index is 0.00258. The fraction of sp³-hybridized carbons (Fsp3) is 0.500. The van der Waals surface area contributed by atoms with Crippen molar-refractivity contribution < 1.29 is 13.9 Å². The normalized spacial score (nSPS) is 16.9. The number of hydrogen-bond acceptors (Lipinski definition) is 2. The minimum Gasteiger partial charge on any atom is -0.493 e. The molecule has 136 valence electrons. The standard InChI is InChI=1S/C22H29FO2/c1-7-10-25-21-12-19-18(11-17(21)15(4)20(23)13-24)16(14(2)3)8-9-22(19,5)6/h8,11-14H,7,9-10H2,1-6H3. The van der Waals surface area contributed by atoms with Crippen LogP contribution in [0.5, 0.6) is 5.75 Å². The lowest BCUT2D eigenvalue weighted by Gasteiger charge is -2.34. The predicted octanol–water partition coefficient (Wildman–Crippen LogP) is 6.10. The fourth-order valence-corrected chi connectivity index (χ4v) is 3.35. The number of halogens is 1. The summed E-state index contributed by atoms with van der Waals surface area (Å²) < 4.78 is 19.9. The second kappa shape index (κ2) is 7.55. The van der Waals surface area contributed by atoms with Crippen molar-refractivity contribution in [2.75, 3.05) is 6.61 Å².